The molecule has 0 amide bonds. The van der Waals surface area contributed by atoms with Gasteiger partial charge in [0.05, 0.1) is 12.3 Å². The Kier molecular flexibility index (Phi) is 7.52. The molecule has 0 unspecified atom stereocenters. The molecule has 0 aliphatic carbocycles. The molecule has 31 heavy (non-hydrogen) atoms. The predicted octanol–water partition coefficient (Wildman–Crippen LogP) is 3.89. The third kappa shape index (κ3) is 6.00. The van der Waals surface area contributed by atoms with Crippen molar-refractivity contribution in [1.82, 2.24) is 15.8 Å². The van der Waals surface area contributed by atoms with E-state index in [-0.39, 0.29) is 48.5 Å². The highest BCUT2D eigenvalue weighted by Gasteiger charge is 2.17. The van der Waals surface area contributed by atoms with Gasteiger partial charge >= 0.3 is 0 Å². The van der Waals surface area contributed by atoms with Gasteiger partial charge in [0.15, 0.2) is 17.3 Å². The Bertz CT molecular complexity index is 1070. The highest BCUT2D eigenvalue weighted by Crippen LogP contribution is 2.18. The minimum Gasteiger partial charge on any atom is -0.375 e. The fourth-order valence-electron chi connectivity index (χ4n) is 2.72. The molecule has 0 saturated carbocycles. The van der Waals surface area contributed by atoms with Crippen LogP contribution in [0, 0.1) is 18.6 Å². The number of hydroxylamine groups is 1. The maximum Gasteiger partial charge on any atom is 0.182 e. The molecular formula is C21H20F2N4O4. The van der Waals surface area contributed by atoms with E-state index in [9.17, 15) is 18.8 Å². The minimum absolute atomic E-state index is 0.00666. The second kappa shape index (κ2) is 10.5. The third-order valence-corrected chi connectivity index (χ3v) is 4.37. The van der Waals surface area contributed by atoms with Gasteiger partial charge in [0.2, 0.25) is 0 Å². The van der Waals surface area contributed by atoms with Crippen molar-refractivity contribution in [3.63, 3.8) is 0 Å². The molecule has 0 spiro atoms. The molecule has 1 heterocycles. The first kappa shape index (κ1) is 22.2. The number of Topliss-reactive ketones (excluding diaryl/α,β-unsaturated/α-hetero) is 1. The lowest BCUT2D eigenvalue weighted by molar-refractivity contribution is 0.0908. The summed E-state index contributed by atoms with van der Waals surface area (Å²) < 4.78 is 36.6. The van der Waals surface area contributed by atoms with Gasteiger partial charge < -0.3 is 4.74 Å². The largest absolute Gasteiger partial charge is 0.375 e. The quantitative estimate of drug-likeness (QED) is 0.174. The van der Waals surface area contributed by atoms with E-state index >= 15 is 0 Å². The first-order valence-corrected chi connectivity index (χ1v) is 9.41. The Balaban J connectivity index is 1.54. The van der Waals surface area contributed by atoms with Crippen LogP contribution in [0.25, 0.3) is 0 Å². The number of aryl methyl sites for hydroxylation is 1. The van der Waals surface area contributed by atoms with Gasteiger partial charge in [-0.25, -0.2) is 18.4 Å². The summed E-state index contributed by atoms with van der Waals surface area (Å²) in [5, 5.41) is 16.9. The Morgan fingerprint density at radius 3 is 2.68 bits per heavy atom. The molecule has 0 bridgehead atoms. The average Bonchev–Trinajstić information content (AvgIpc) is 3.23. The molecular weight excluding hydrogens is 410 g/mol. The smallest absolute Gasteiger partial charge is 0.182 e. The van der Waals surface area contributed by atoms with Crippen LogP contribution in [-0.2, 0) is 11.3 Å². The predicted molar refractivity (Wildman–Crippen MR) is 106 cm³/mol. The zero-order valence-electron chi connectivity index (χ0n) is 16.6. The number of aromatic nitrogens is 2. The number of hydrogen-bond acceptors (Lipinski definition) is 7. The third-order valence-electron chi connectivity index (χ3n) is 4.37. The standard InChI is InChI=1S/C21H20F2N4O4/c1-13-11-16(8-9-17(13)23)24-21(25-29)20-18(26-31-27-20)12-30-10-2-3-19(28)14-4-6-15(22)7-5-14/h4-9,11,29H,2-3,10,12H2,1H3,(H,24,25). The van der Waals surface area contributed by atoms with Crippen LogP contribution in [0.15, 0.2) is 52.1 Å². The Labute approximate surface area is 176 Å². The van der Waals surface area contributed by atoms with Gasteiger partial charge in [0, 0.05) is 18.6 Å². The van der Waals surface area contributed by atoms with Crippen molar-refractivity contribution < 1.29 is 28.1 Å². The summed E-state index contributed by atoms with van der Waals surface area (Å²) >= 11 is 0. The van der Waals surface area contributed by atoms with E-state index in [4.69, 9.17) is 9.37 Å². The number of aliphatic imine (C=N–C) groups is 1. The van der Waals surface area contributed by atoms with Gasteiger partial charge in [0.1, 0.15) is 17.3 Å². The number of benzene rings is 2. The number of nitrogens with zero attached hydrogens (tertiary/aromatic N) is 3. The fourth-order valence-corrected chi connectivity index (χ4v) is 2.72. The van der Waals surface area contributed by atoms with Crippen molar-refractivity contribution in [2.75, 3.05) is 6.61 Å². The number of carbonyl (C=O) groups excluding carboxylic acids is 1. The summed E-state index contributed by atoms with van der Waals surface area (Å²) in [6.45, 7) is 1.86. The Hall–Kier alpha value is -3.50. The number of carbonyl (C=O) groups is 1. The molecule has 0 atom stereocenters. The van der Waals surface area contributed by atoms with Crippen LogP contribution in [-0.4, -0.2) is 33.7 Å². The number of hydrogen-bond donors (Lipinski definition) is 2. The van der Waals surface area contributed by atoms with Gasteiger partial charge in [-0.15, -0.1) is 0 Å². The lowest BCUT2D eigenvalue weighted by Crippen LogP contribution is -2.22. The molecule has 162 valence electrons. The monoisotopic (exact) mass is 430 g/mol. The SMILES string of the molecule is Cc1cc(N=C(NO)c2nonc2COCCCC(=O)c2ccc(F)cc2)ccc1F. The highest BCUT2D eigenvalue weighted by atomic mass is 19.1. The van der Waals surface area contributed by atoms with Gasteiger partial charge in [-0.3, -0.25) is 15.5 Å². The van der Waals surface area contributed by atoms with E-state index in [2.05, 4.69) is 15.3 Å². The molecule has 0 saturated heterocycles. The molecule has 0 aliphatic heterocycles. The van der Waals surface area contributed by atoms with Crippen LogP contribution in [0.5, 0.6) is 0 Å². The Morgan fingerprint density at radius 2 is 1.97 bits per heavy atom. The summed E-state index contributed by atoms with van der Waals surface area (Å²) in [5.41, 5.74) is 3.58. The van der Waals surface area contributed by atoms with Crippen LogP contribution in [0.4, 0.5) is 14.5 Å². The lowest BCUT2D eigenvalue weighted by Gasteiger charge is -2.05. The van der Waals surface area contributed by atoms with Crippen LogP contribution >= 0.6 is 0 Å². The van der Waals surface area contributed by atoms with E-state index < -0.39 is 5.82 Å². The molecule has 2 aromatic carbocycles. The van der Waals surface area contributed by atoms with E-state index in [1.807, 2.05) is 5.48 Å². The normalized spacial score (nSPS) is 11.5. The van der Waals surface area contributed by atoms with Crippen molar-refractivity contribution in [3.05, 3.63) is 76.6 Å². The van der Waals surface area contributed by atoms with Gasteiger partial charge in [-0.2, -0.15) is 0 Å². The number of ether oxygens (including phenoxy) is 1. The first-order chi connectivity index (χ1) is 15.0. The maximum absolute atomic E-state index is 13.4. The van der Waals surface area contributed by atoms with Gasteiger partial charge in [-0.05, 0) is 66.5 Å². The van der Waals surface area contributed by atoms with Gasteiger partial charge in [-0.1, -0.05) is 5.16 Å². The second-order valence-electron chi connectivity index (χ2n) is 6.65. The van der Waals surface area contributed by atoms with Crippen LogP contribution < -0.4 is 5.48 Å². The summed E-state index contributed by atoms with van der Waals surface area (Å²) in [6, 6.07) is 9.58. The molecule has 1 aromatic heterocycles. The van der Waals surface area contributed by atoms with E-state index in [1.165, 1.54) is 42.5 Å². The van der Waals surface area contributed by atoms with Crippen molar-refractivity contribution in [3.8, 4) is 0 Å². The molecule has 0 aliphatic rings. The topological polar surface area (TPSA) is 110 Å². The van der Waals surface area contributed by atoms with Crippen molar-refractivity contribution >= 4 is 17.3 Å². The molecule has 3 rings (SSSR count). The Morgan fingerprint density at radius 1 is 1.19 bits per heavy atom. The van der Waals surface area contributed by atoms with Crippen LogP contribution in [0.2, 0.25) is 0 Å². The minimum atomic E-state index is -0.397. The van der Waals surface area contributed by atoms with E-state index in [0.29, 0.717) is 23.2 Å². The molecule has 3 aromatic rings. The molecule has 0 radical (unpaired) electrons. The van der Waals surface area contributed by atoms with Crippen LogP contribution in [0.3, 0.4) is 0 Å². The molecule has 2 N–H and O–H groups in total. The van der Waals surface area contributed by atoms with E-state index in [0.717, 1.165) is 0 Å². The summed E-state index contributed by atoms with van der Waals surface area (Å²) in [4.78, 5) is 16.2. The lowest BCUT2D eigenvalue weighted by atomic mass is 10.1. The number of rotatable bonds is 9. The zero-order valence-corrected chi connectivity index (χ0v) is 16.6. The summed E-state index contributed by atoms with van der Waals surface area (Å²) in [5.74, 6) is -0.919. The van der Waals surface area contributed by atoms with E-state index in [1.54, 1.807) is 6.92 Å². The number of halogens is 2. The van der Waals surface area contributed by atoms with Crippen molar-refractivity contribution in [2.45, 2.75) is 26.4 Å². The van der Waals surface area contributed by atoms with Crippen molar-refractivity contribution in [2.24, 2.45) is 4.99 Å². The number of ketones is 1. The summed E-state index contributed by atoms with van der Waals surface area (Å²) in [6.07, 6.45) is 0.690. The second-order valence-corrected chi connectivity index (χ2v) is 6.65. The summed E-state index contributed by atoms with van der Waals surface area (Å²) in [7, 11) is 0. The number of nitrogens with one attached hydrogen (secondary N) is 1. The van der Waals surface area contributed by atoms with Crippen molar-refractivity contribution in [1.29, 1.82) is 0 Å². The average molecular weight is 430 g/mol. The van der Waals surface area contributed by atoms with Crippen LogP contribution in [0.1, 0.15) is 40.2 Å². The van der Waals surface area contributed by atoms with Gasteiger partial charge in [0.25, 0.3) is 0 Å². The molecule has 8 nitrogen and oxygen atoms in total. The number of amidine groups is 1. The molecule has 10 heteroatoms. The zero-order chi connectivity index (χ0) is 22.2. The maximum atomic E-state index is 13.4. The first-order valence-electron chi connectivity index (χ1n) is 9.41. The highest BCUT2D eigenvalue weighted by molar-refractivity contribution is 5.98. The molecule has 0 fully saturated rings. The fraction of sp³-hybridized carbons (Fsp3) is 0.238.